The summed E-state index contributed by atoms with van der Waals surface area (Å²) in [5.74, 6) is -0.439. The molecule has 0 radical (unpaired) electrons. The maximum atomic E-state index is 13.0. The highest BCUT2D eigenvalue weighted by molar-refractivity contribution is 7.92. The van der Waals surface area contributed by atoms with Crippen LogP contribution in [0.3, 0.4) is 0 Å². The van der Waals surface area contributed by atoms with Crippen LogP contribution in [-0.2, 0) is 10.0 Å². The lowest BCUT2D eigenvalue weighted by atomic mass is 10.2. The highest BCUT2D eigenvalue weighted by Gasteiger charge is 2.16. The molecule has 0 bridgehead atoms. The molecule has 5 nitrogen and oxygen atoms in total. The molecule has 0 saturated carbocycles. The molecule has 0 aliphatic rings. The average molecular weight is 291 g/mol. The van der Waals surface area contributed by atoms with Crippen LogP contribution in [0.25, 0.3) is 0 Å². The summed E-state index contributed by atoms with van der Waals surface area (Å²) in [5.41, 5.74) is 0.882. The predicted molar refractivity (Wildman–Crippen MR) is 70.9 cm³/mol. The summed E-state index contributed by atoms with van der Waals surface area (Å²) < 4.78 is 39.5. The van der Waals surface area contributed by atoms with Gasteiger partial charge in [0.1, 0.15) is 22.5 Å². The number of sulfonamides is 1. The van der Waals surface area contributed by atoms with Crippen molar-refractivity contribution in [1.82, 2.24) is 4.98 Å². The van der Waals surface area contributed by atoms with Gasteiger partial charge in [-0.3, -0.25) is 4.72 Å². The first kappa shape index (κ1) is 14.0. The zero-order valence-corrected chi connectivity index (χ0v) is 11.3. The summed E-state index contributed by atoms with van der Waals surface area (Å²) >= 11 is 0. The fraction of sp³-hybridized carbons (Fsp3) is 0.0769. The third kappa shape index (κ3) is 2.92. The van der Waals surface area contributed by atoms with Crippen LogP contribution < -0.4 is 4.72 Å². The van der Waals surface area contributed by atoms with E-state index in [2.05, 4.69) is 9.71 Å². The predicted octanol–water partition coefficient (Wildman–Crippen LogP) is 2.20. The molecule has 1 aromatic carbocycles. The molecule has 1 N–H and O–H groups in total. The Hall–Kier alpha value is -2.46. The molecule has 0 aliphatic carbocycles. The van der Waals surface area contributed by atoms with Gasteiger partial charge in [0.05, 0.1) is 5.69 Å². The molecule has 1 heterocycles. The van der Waals surface area contributed by atoms with Crippen LogP contribution >= 0.6 is 0 Å². The Morgan fingerprint density at radius 3 is 2.60 bits per heavy atom. The van der Waals surface area contributed by atoms with E-state index in [1.165, 1.54) is 30.3 Å². The number of benzene rings is 1. The minimum Gasteiger partial charge on any atom is -0.279 e. The van der Waals surface area contributed by atoms with E-state index in [1.54, 1.807) is 13.0 Å². The first-order chi connectivity index (χ1) is 9.42. The number of hydrogen-bond donors (Lipinski definition) is 1. The number of aromatic nitrogens is 1. The summed E-state index contributed by atoms with van der Waals surface area (Å²) in [6, 6.07) is 8.14. The Kier molecular flexibility index (Phi) is 3.68. The molecule has 0 atom stereocenters. The molecule has 0 fully saturated rings. The van der Waals surface area contributed by atoms with Gasteiger partial charge in [-0.1, -0.05) is 0 Å². The fourth-order valence-corrected chi connectivity index (χ4v) is 2.63. The van der Waals surface area contributed by atoms with Crippen LogP contribution in [0.4, 0.5) is 10.1 Å². The highest BCUT2D eigenvalue weighted by atomic mass is 32.2. The van der Waals surface area contributed by atoms with E-state index in [4.69, 9.17) is 5.26 Å². The third-order valence-corrected chi connectivity index (χ3v) is 3.94. The van der Waals surface area contributed by atoms with Gasteiger partial charge < -0.3 is 0 Å². The molecule has 0 aliphatic heterocycles. The molecule has 0 saturated heterocycles. The number of nitrogens with one attached hydrogen (secondary N) is 1. The van der Waals surface area contributed by atoms with Gasteiger partial charge >= 0.3 is 0 Å². The Bertz CT molecular complexity index is 780. The normalized spacial score (nSPS) is 10.8. The van der Waals surface area contributed by atoms with E-state index in [0.29, 0.717) is 5.56 Å². The number of nitrogens with zero attached hydrogens (tertiary/aromatic N) is 2. The summed E-state index contributed by atoms with van der Waals surface area (Å²) in [6.07, 6.45) is 1.10. The van der Waals surface area contributed by atoms with E-state index in [-0.39, 0.29) is 16.3 Å². The van der Waals surface area contributed by atoms with Crippen LogP contribution in [0.2, 0.25) is 0 Å². The Balaban J connectivity index is 2.33. The molecule has 0 spiro atoms. The molecule has 7 heteroatoms. The highest BCUT2D eigenvalue weighted by Crippen LogP contribution is 2.20. The number of rotatable bonds is 3. The largest absolute Gasteiger partial charge is 0.279 e. The molecule has 0 unspecified atom stereocenters. The fourth-order valence-electron chi connectivity index (χ4n) is 1.55. The number of hydrogen-bond acceptors (Lipinski definition) is 4. The summed E-state index contributed by atoms with van der Waals surface area (Å²) in [7, 11) is -3.82. The Morgan fingerprint density at radius 2 is 2.05 bits per heavy atom. The van der Waals surface area contributed by atoms with Crippen molar-refractivity contribution in [2.75, 3.05) is 4.72 Å². The van der Waals surface area contributed by atoms with Crippen molar-refractivity contribution in [1.29, 1.82) is 5.26 Å². The molecular formula is C13H10FN3O2S. The quantitative estimate of drug-likeness (QED) is 0.939. The van der Waals surface area contributed by atoms with Crippen LogP contribution in [0.15, 0.2) is 41.4 Å². The molecule has 2 aromatic rings. The van der Waals surface area contributed by atoms with Gasteiger partial charge in [-0.05, 0) is 42.8 Å². The van der Waals surface area contributed by atoms with E-state index < -0.39 is 15.8 Å². The lowest BCUT2D eigenvalue weighted by molar-refractivity contribution is 0.600. The second-order valence-electron chi connectivity index (χ2n) is 4.06. The zero-order chi connectivity index (χ0) is 14.8. The lowest BCUT2D eigenvalue weighted by Gasteiger charge is -2.10. The zero-order valence-electron chi connectivity index (χ0n) is 10.5. The Morgan fingerprint density at radius 1 is 1.30 bits per heavy atom. The van der Waals surface area contributed by atoms with E-state index >= 15 is 0 Å². The van der Waals surface area contributed by atoms with E-state index in [9.17, 15) is 12.8 Å². The van der Waals surface area contributed by atoms with Crippen molar-refractivity contribution in [2.24, 2.45) is 0 Å². The number of pyridine rings is 1. The SMILES string of the molecule is Cc1cc(F)ccc1NS(=O)(=O)c1ccc(C#N)nc1. The maximum Gasteiger partial charge on any atom is 0.263 e. The van der Waals surface area contributed by atoms with Gasteiger partial charge in [0.2, 0.25) is 0 Å². The molecule has 1 aromatic heterocycles. The van der Waals surface area contributed by atoms with Crippen LogP contribution in [0, 0.1) is 24.1 Å². The maximum absolute atomic E-state index is 13.0. The molecular weight excluding hydrogens is 281 g/mol. The minimum absolute atomic E-state index is 0.0692. The number of halogens is 1. The molecule has 102 valence electrons. The van der Waals surface area contributed by atoms with Gasteiger partial charge in [0.15, 0.2) is 0 Å². The van der Waals surface area contributed by atoms with Crippen molar-refractivity contribution in [3.63, 3.8) is 0 Å². The Labute approximate surface area is 115 Å². The van der Waals surface area contributed by atoms with Gasteiger partial charge in [-0.15, -0.1) is 0 Å². The molecule has 20 heavy (non-hydrogen) atoms. The first-order valence-corrected chi connectivity index (χ1v) is 7.06. The van der Waals surface area contributed by atoms with Gasteiger partial charge in [-0.25, -0.2) is 17.8 Å². The monoisotopic (exact) mass is 291 g/mol. The third-order valence-electron chi connectivity index (χ3n) is 2.59. The van der Waals surface area contributed by atoms with Gasteiger partial charge in [0.25, 0.3) is 10.0 Å². The summed E-state index contributed by atoms with van der Waals surface area (Å²) in [6.45, 7) is 1.60. The van der Waals surface area contributed by atoms with Crippen LogP contribution in [0.1, 0.15) is 11.3 Å². The van der Waals surface area contributed by atoms with Crippen molar-refractivity contribution in [3.8, 4) is 6.07 Å². The molecule has 0 amide bonds. The molecule has 2 rings (SSSR count). The summed E-state index contributed by atoms with van der Waals surface area (Å²) in [5, 5.41) is 8.62. The van der Waals surface area contributed by atoms with Crippen LogP contribution in [0.5, 0.6) is 0 Å². The number of anilines is 1. The van der Waals surface area contributed by atoms with Gasteiger partial charge in [0, 0.05) is 6.20 Å². The smallest absolute Gasteiger partial charge is 0.263 e. The minimum atomic E-state index is -3.82. The van der Waals surface area contributed by atoms with Crippen molar-refractivity contribution >= 4 is 15.7 Å². The second-order valence-corrected chi connectivity index (χ2v) is 5.74. The van der Waals surface area contributed by atoms with Crippen LogP contribution in [-0.4, -0.2) is 13.4 Å². The number of aryl methyl sites for hydroxylation is 1. The van der Waals surface area contributed by atoms with E-state index in [1.807, 2.05) is 0 Å². The second kappa shape index (κ2) is 5.27. The van der Waals surface area contributed by atoms with E-state index in [0.717, 1.165) is 6.20 Å². The summed E-state index contributed by atoms with van der Waals surface area (Å²) in [4.78, 5) is 3.63. The topological polar surface area (TPSA) is 82.9 Å². The van der Waals surface area contributed by atoms with Crippen molar-refractivity contribution in [2.45, 2.75) is 11.8 Å². The first-order valence-electron chi connectivity index (χ1n) is 5.57. The van der Waals surface area contributed by atoms with Crippen molar-refractivity contribution in [3.05, 3.63) is 53.6 Å². The average Bonchev–Trinajstić information content (AvgIpc) is 2.42. The standard InChI is InChI=1S/C13H10FN3O2S/c1-9-6-10(14)2-5-13(9)17-20(18,19)12-4-3-11(7-15)16-8-12/h2-6,8,17H,1H3. The van der Waals surface area contributed by atoms with Crippen molar-refractivity contribution < 1.29 is 12.8 Å². The number of nitriles is 1. The van der Waals surface area contributed by atoms with Gasteiger partial charge in [-0.2, -0.15) is 5.26 Å². The lowest BCUT2D eigenvalue weighted by Crippen LogP contribution is -2.14.